The van der Waals surface area contributed by atoms with Crippen molar-refractivity contribution in [2.24, 2.45) is 4.99 Å². The standard InChI is InChI=1S/C24H33N3O3/c1-18-11-12-20(23(15-18)29-14-13-28-3)17-27-24(25-2)26-16-19-7-4-5-10-22(19)30-21-8-6-9-21/h4-5,7,10-12,15,21H,6,8-9,13-14,16-17H2,1-3H3,(H2,25,26,27). The lowest BCUT2D eigenvalue weighted by molar-refractivity contribution is 0.119. The first kappa shape index (κ1) is 22.0. The second kappa shape index (κ2) is 11.5. The van der Waals surface area contributed by atoms with Gasteiger partial charge in [0.25, 0.3) is 0 Å². The predicted molar refractivity (Wildman–Crippen MR) is 120 cm³/mol. The molecule has 1 aliphatic carbocycles. The summed E-state index contributed by atoms with van der Waals surface area (Å²) in [6, 6.07) is 14.4. The quantitative estimate of drug-likeness (QED) is 0.354. The number of nitrogens with one attached hydrogen (secondary N) is 2. The summed E-state index contributed by atoms with van der Waals surface area (Å²) < 4.78 is 17.1. The zero-order chi connectivity index (χ0) is 21.2. The van der Waals surface area contributed by atoms with Crippen LogP contribution < -0.4 is 20.1 Å². The summed E-state index contributed by atoms with van der Waals surface area (Å²) in [6.07, 6.45) is 3.92. The number of para-hydroxylation sites is 1. The molecule has 0 aliphatic heterocycles. The van der Waals surface area contributed by atoms with E-state index in [0.29, 0.717) is 32.4 Å². The number of ether oxygens (including phenoxy) is 3. The Balaban J connectivity index is 1.56. The molecule has 30 heavy (non-hydrogen) atoms. The third kappa shape index (κ3) is 6.39. The normalized spacial score (nSPS) is 14.2. The van der Waals surface area contributed by atoms with E-state index < -0.39 is 0 Å². The fraction of sp³-hybridized carbons (Fsp3) is 0.458. The van der Waals surface area contributed by atoms with E-state index in [4.69, 9.17) is 14.2 Å². The van der Waals surface area contributed by atoms with Gasteiger partial charge in [-0.25, -0.2) is 0 Å². The molecule has 2 N–H and O–H groups in total. The Kier molecular flexibility index (Phi) is 8.39. The molecule has 0 atom stereocenters. The molecule has 2 aromatic carbocycles. The van der Waals surface area contributed by atoms with E-state index in [1.165, 1.54) is 6.42 Å². The molecule has 6 heteroatoms. The average molecular weight is 412 g/mol. The highest BCUT2D eigenvalue weighted by molar-refractivity contribution is 5.79. The molecule has 1 fully saturated rings. The molecular formula is C24H33N3O3. The van der Waals surface area contributed by atoms with Crippen molar-refractivity contribution in [3.05, 3.63) is 59.2 Å². The van der Waals surface area contributed by atoms with Crippen LogP contribution in [0.4, 0.5) is 0 Å². The molecule has 0 spiro atoms. The molecule has 0 amide bonds. The van der Waals surface area contributed by atoms with Gasteiger partial charge in [0.2, 0.25) is 0 Å². The van der Waals surface area contributed by atoms with Gasteiger partial charge >= 0.3 is 0 Å². The van der Waals surface area contributed by atoms with Gasteiger partial charge < -0.3 is 24.8 Å². The predicted octanol–water partition coefficient (Wildman–Crippen LogP) is 3.82. The molecule has 0 bridgehead atoms. The van der Waals surface area contributed by atoms with E-state index in [1.54, 1.807) is 14.2 Å². The number of rotatable bonds is 10. The van der Waals surface area contributed by atoms with E-state index in [2.05, 4.69) is 46.8 Å². The number of benzene rings is 2. The fourth-order valence-electron chi connectivity index (χ4n) is 3.19. The van der Waals surface area contributed by atoms with Gasteiger partial charge in [-0.3, -0.25) is 4.99 Å². The number of aliphatic imine (C=N–C) groups is 1. The summed E-state index contributed by atoms with van der Waals surface area (Å²) in [5.74, 6) is 2.56. The lowest BCUT2D eigenvalue weighted by atomic mass is 9.96. The lowest BCUT2D eigenvalue weighted by Crippen LogP contribution is -2.36. The highest BCUT2D eigenvalue weighted by Crippen LogP contribution is 2.27. The van der Waals surface area contributed by atoms with Gasteiger partial charge in [0.15, 0.2) is 5.96 Å². The van der Waals surface area contributed by atoms with Crippen LogP contribution in [0, 0.1) is 6.92 Å². The van der Waals surface area contributed by atoms with Gasteiger partial charge in [-0.1, -0.05) is 30.3 Å². The van der Waals surface area contributed by atoms with Crippen molar-refractivity contribution in [3.8, 4) is 11.5 Å². The monoisotopic (exact) mass is 411 g/mol. The Hall–Kier alpha value is -2.73. The van der Waals surface area contributed by atoms with Crippen LogP contribution in [0.25, 0.3) is 0 Å². The highest BCUT2D eigenvalue weighted by atomic mass is 16.5. The molecule has 0 aromatic heterocycles. The van der Waals surface area contributed by atoms with Crippen LogP contribution in [0.3, 0.4) is 0 Å². The first-order valence-corrected chi connectivity index (χ1v) is 10.6. The summed E-state index contributed by atoms with van der Waals surface area (Å²) in [7, 11) is 3.45. The van der Waals surface area contributed by atoms with E-state index in [9.17, 15) is 0 Å². The van der Waals surface area contributed by atoms with Crippen LogP contribution in [0.1, 0.15) is 36.0 Å². The molecule has 6 nitrogen and oxygen atoms in total. The Labute approximate surface area is 179 Å². The molecule has 0 saturated heterocycles. The van der Waals surface area contributed by atoms with Gasteiger partial charge in [-0.05, 0) is 43.9 Å². The van der Waals surface area contributed by atoms with Crippen molar-refractivity contribution in [2.75, 3.05) is 27.4 Å². The maximum atomic E-state index is 6.12. The molecule has 0 unspecified atom stereocenters. The Morgan fingerprint density at radius 3 is 2.40 bits per heavy atom. The summed E-state index contributed by atoms with van der Waals surface area (Å²) in [5.41, 5.74) is 3.37. The molecule has 162 valence electrons. The minimum Gasteiger partial charge on any atom is -0.491 e. The number of aryl methyl sites for hydroxylation is 1. The number of methoxy groups -OCH3 is 1. The molecular weight excluding hydrogens is 378 g/mol. The topological polar surface area (TPSA) is 64.1 Å². The number of hydrogen-bond acceptors (Lipinski definition) is 4. The highest BCUT2D eigenvalue weighted by Gasteiger charge is 2.20. The smallest absolute Gasteiger partial charge is 0.191 e. The minimum absolute atomic E-state index is 0.363. The SMILES string of the molecule is CN=C(NCc1ccc(C)cc1OCCOC)NCc1ccccc1OC1CCC1. The van der Waals surface area contributed by atoms with Crippen LogP contribution in [0.15, 0.2) is 47.5 Å². The van der Waals surface area contributed by atoms with Gasteiger partial charge in [-0.2, -0.15) is 0 Å². The number of guanidine groups is 1. The number of nitrogens with zero attached hydrogens (tertiary/aromatic N) is 1. The Bertz CT molecular complexity index is 834. The van der Waals surface area contributed by atoms with Gasteiger partial charge in [0.1, 0.15) is 18.1 Å². The van der Waals surface area contributed by atoms with Crippen LogP contribution in [-0.4, -0.2) is 39.4 Å². The van der Waals surface area contributed by atoms with Crippen molar-refractivity contribution >= 4 is 5.96 Å². The molecule has 0 heterocycles. The van der Waals surface area contributed by atoms with Crippen LogP contribution in [-0.2, 0) is 17.8 Å². The molecule has 1 aliphatic rings. The molecule has 3 rings (SSSR count). The summed E-state index contributed by atoms with van der Waals surface area (Å²) in [4.78, 5) is 4.35. The van der Waals surface area contributed by atoms with Crippen molar-refractivity contribution in [2.45, 2.75) is 45.4 Å². The molecule has 0 radical (unpaired) electrons. The average Bonchev–Trinajstić information content (AvgIpc) is 2.73. The van der Waals surface area contributed by atoms with Crippen LogP contribution in [0.5, 0.6) is 11.5 Å². The van der Waals surface area contributed by atoms with Crippen molar-refractivity contribution in [1.29, 1.82) is 0 Å². The first-order valence-electron chi connectivity index (χ1n) is 10.6. The molecule has 1 saturated carbocycles. The van der Waals surface area contributed by atoms with Crippen molar-refractivity contribution in [3.63, 3.8) is 0 Å². The largest absolute Gasteiger partial charge is 0.491 e. The van der Waals surface area contributed by atoms with Gasteiger partial charge in [0, 0.05) is 38.4 Å². The minimum atomic E-state index is 0.363. The van der Waals surface area contributed by atoms with Crippen LogP contribution in [0.2, 0.25) is 0 Å². The molecule has 2 aromatic rings. The van der Waals surface area contributed by atoms with Crippen molar-refractivity contribution < 1.29 is 14.2 Å². The van der Waals surface area contributed by atoms with E-state index in [-0.39, 0.29) is 0 Å². The summed E-state index contributed by atoms with van der Waals surface area (Å²) >= 11 is 0. The van der Waals surface area contributed by atoms with Crippen LogP contribution >= 0.6 is 0 Å². The second-order valence-electron chi connectivity index (χ2n) is 7.51. The fourth-order valence-corrected chi connectivity index (χ4v) is 3.19. The Morgan fingerprint density at radius 2 is 1.73 bits per heavy atom. The third-order valence-electron chi connectivity index (χ3n) is 5.20. The second-order valence-corrected chi connectivity index (χ2v) is 7.51. The Morgan fingerprint density at radius 1 is 1.00 bits per heavy atom. The van der Waals surface area contributed by atoms with E-state index >= 15 is 0 Å². The van der Waals surface area contributed by atoms with Crippen molar-refractivity contribution in [1.82, 2.24) is 10.6 Å². The van der Waals surface area contributed by atoms with E-state index in [0.717, 1.165) is 47.0 Å². The first-order chi connectivity index (χ1) is 14.7. The lowest BCUT2D eigenvalue weighted by Gasteiger charge is -2.27. The number of hydrogen-bond donors (Lipinski definition) is 2. The van der Waals surface area contributed by atoms with Gasteiger partial charge in [0.05, 0.1) is 12.7 Å². The van der Waals surface area contributed by atoms with Gasteiger partial charge in [-0.15, -0.1) is 0 Å². The summed E-state index contributed by atoms with van der Waals surface area (Å²) in [6.45, 7) is 4.41. The maximum Gasteiger partial charge on any atom is 0.191 e. The summed E-state index contributed by atoms with van der Waals surface area (Å²) in [5, 5.41) is 6.76. The zero-order valence-corrected chi connectivity index (χ0v) is 18.2. The van der Waals surface area contributed by atoms with E-state index in [1.807, 2.05) is 18.2 Å². The zero-order valence-electron chi connectivity index (χ0n) is 18.2. The third-order valence-corrected chi connectivity index (χ3v) is 5.20. The maximum absolute atomic E-state index is 6.12.